The van der Waals surface area contributed by atoms with E-state index in [1.807, 2.05) is 0 Å². The molecular weight excluding hydrogens is 143 g/mol. The number of carboxylic acids is 1. The summed E-state index contributed by atoms with van der Waals surface area (Å²) in [4.78, 5) is 20.6. The standard InChI is InChI=1S/C6H10O3.Na/c1-6(2,3)4(7)5(8)9;/h1-3H3,(H,8,9);. The van der Waals surface area contributed by atoms with E-state index in [9.17, 15) is 9.59 Å². The fraction of sp³-hybridized carbons (Fsp3) is 0.667. The van der Waals surface area contributed by atoms with E-state index in [-0.39, 0.29) is 29.6 Å². The Morgan fingerprint density at radius 2 is 1.50 bits per heavy atom. The van der Waals surface area contributed by atoms with E-state index in [1.54, 1.807) is 20.8 Å². The van der Waals surface area contributed by atoms with Gasteiger partial charge in [-0.3, -0.25) is 4.79 Å². The van der Waals surface area contributed by atoms with Gasteiger partial charge in [0.15, 0.2) is 0 Å². The zero-order valence-electron chi connectivity index (χ0n) is 6.76. The second-order valence-electron chi connectivity index (χ2n) is 2.88. The molecule has 0 bridgehead atoms. The summed E-state index contributed by atoms with van der Waals surface area (Å²) in [6.45, 7) is 4.72. The Kier molecular flexibility index (Phi) is 5.25. The van der Waals surface area contributed by atoms with Crippen LogP contribution in [0, 0.1) is 5.41 Å². The van der Waals surface area contributed by atoms with Crippen molar-refractivity contribution in [1.29, 1.82) is 0 Å². The van der Waals surface area contributed by atoms with Crippen LogP contribution in [-0.4, -0.2) is 46.4 Å². The quantitative estimate of drug-likeness (QED) is 0.435. The molecular formula is C6H10NaO3. The van der Waals surface area contributed by atoms with Crippen molar-refractivity contribution in [1.82, 2.24) is 0 Å². The van der Waals surface area contributed by atoms with Crippen molar-refractivity contribution in [3.63, 3.8) is 0 Å². The van der Waals surface area contributed by atoms with Crippen LogP contribution in [0.25, 0.3) is 0 Å². The number of rotatable bonds is 1. The van der Waals surface area contributed by atoms with Gasteiger partial charge in [0.25, 0.3) is 0 Å². The molecule has 0 fully saturated rings. The van der Waals surface area contributed by atoms with Gasteiger partial charge in [-0.15, -0.1) is 0 Å². The van der Waals surface area contributed by atoms with E-state index >= 15 is 0 Å². The van der Waals surface area contributed by atoms with Gasteiger partial charge < -0.3 is 5.11 Å². The summed E-state index contributed by atoms with van der Waals surface area (Å²) >= 11 is 0. The van der Waals surface area contributed by atoms with Gasteiger partial charge >= 0.3 is 5.97 Å². The minimum absolute atomic E-state index is 0. The van der Waals surface area contributed by atoms with Crippen molar-refractivity contribution in [3.05, 3.63) is 0 Å². The first-order valence-electron chi connectivity index (χ1n) is 2.63. The smallest absolute Gasteiger partial charge is 0.372 e. The van der Waals surface area contributed by atoms with E-state index in [2.05, 4.69) is 0 Å². The second kappa shape index (κ2) is 4.11. The summed E-state index contributed by atoms with van der Waals surface area (Å²) in [6.07, 6.45) is 0. The van der Waals surface area contributed by atoms with Crippen molar-refractivity contribution < 1.29 is 14.7 Å². The van der Waals surface area contributed by atoms with Gasteiger partial charge in [-0.05, 0) is 0 Å². The number of hydrogen-bond donors (Lipinski definition) is 1. The molecule has 0 spiro atoms. The minimum atomic E-state index is -1.36. The molecule has 0 aromatic rings. The van der Waals surface area contributed by atoms with Gasteiger partial charge in [0.05, 0.1) is 0 Å². The molecule has 0 saturated heterocycles. The summed E-state index contributed by atoms with van der Waals surface area (Å²) in [6, 6.07) is 0. The van der Waals surface area contributed by atoms with Gasteiger partial charge in [0.1, 0.15) is 0 Å². The van der Waals surface area contributed by atoms with Crippen LogP contribution >= 0.6 is 0 Å². The molecule has 0 unspecified atom stereocenters. The van der Waals surface area contributed by atoms with Crippen molar-refractivity contribution in [3.8, 4) is 0 Å². The van der Waals surface area contributed by atoms with Crippen molar-refractivity contribution >= 4 is 41.3 Å². The Morgan fingerprint density at radius 3 is 1.50 bits per heavy atom. The fourth-order valence-corrected chi connectivity index (χ4v) is 0.321. The number of ketones is 1. The number of hydrogen-bond acceptors (Lipinski definition) is 2. The molecule has 3 nitrogen and oxygen atoms in total. The summed E-state index contributed by atoms with van der Waals surface area (Å²) in [5.41, 5.74) is -0.758. The maximum atomic E-state index is 10.6. The maximum Gasteiger partial charge on any atom is 0.372 e. The number of carbonyl (C=O) groups excluding carboxylic acids is 1. The molecule has 0 amide bonds. The summed E-state index contributed by atoms with van der Waals surface area (Å²) in [5.74, 6) is -2.11. The average Bonchev–Trinajstić information content (AvgIpc) is 1.62. The van der Waals surface area contributed by atoms with Gasteiger partial charge in [0, 0.05) is 35.0 Å². The Labute approximate surface area is 82.1 Å². The molecule has 0 aliphatic heterocycles. The molecule has 0 aromatic heterocycles. The minimum Gasteiger partial charge on any atom is -0.475 e. The van der Waals surface area contributed by atoms with Crippen LogP contribution < -0.4 is 0 Å². The van der Waals surface area contributed by atoms with Crippen LogP contribution in [-0.2, 0) is 9.59 Å². The summed E-state index contributed by atoms with van der Waals surface area (Å²) in [7, 11) is 0. The van der Waals surface area contributed by atoms with Crippen LogP contribution in [0.4, 0.5) is 0 Å². The first-order valence-corrected chi connectivity index (χ1v) is 2.63. The molecule has 0 aliphatic carbocycles. The third kappa shape index (κ3) is 4.04. The molecule has 4 heteroatoms. The SMILES string of the molecule is CC(C)(C)C(=O)C(=O)O.[Na]. The molecule has 10 heavy (non-hydrogen) atoms. The molecule has 0 aliphatic rings. The predicted octanol–water partition coefficient (Wildman–Crippen LogP) is 0.305. The molecule has 53 valence electrons. The van der Waals surface area contributed by atoms with Gasteiger partial charge in [-0.2, -0.15) is 0 Å². The zero-order chi connectivity index (χ0) is 7.65. The normalized spacial score (nSPS) is 9.90. The molecule has 0 rings (SSSR count). The van der Waals surface area contributed by atoms with E-state index in [0.29, 0.717) is 0 Å². The number of aliphatic carboxylic acids is 1. The van der Waals surface area contributed by atoms with Crippen LogP contribution in [0.1, 0.15) is 20.8 Å². The van der Waals surface area contributed by atoms with Gasteiger partial charge in [-0.1, -0.05) is 20.8 Å². The first-order chi connectivity index (χ1) is 3.85. The van der Waals surface area contributed by atoms with E-state index < -0.39 is 17.2 Å². The Bertz CT molecular complexity index is 146. The molecule has 1 N–H and O–H groups in total. The number of carboxylic acid groups (broad SMARTS) is 1. The third-order valence-corrected chi connectivity index (χ3v) is 0.875. The summed E-state index contributed by atoms with van der Waals surface area (Å²) in [5, 5.41) is 8.17. The molecule has 0 aromatic carbocycles. The molecule has 0 heterocycles. The fourth-order valence-electron chi connectivity index (χ4n) is 0.321. The Morgan fingerprint density at radius 1 is 1.20 bits per heavy atom. The zero-order valence-corrected chi connectivity index (χ0v) is 8.76. The number of carbonyl (C=O) groups is 2. The largest absolute Gasteiger partial charge is 0.475 e. The number of Topliss-reactive ketones (excluding diaryl/α,β-unsaturated/α-hetero) is 1. The van der Waals surface area contributed by atoms with Crippen molar-refractivity contribution in [2.45, 2.75) is 20.8 Å². The Balaban J connectivity index is 0. The van der Waals surface area contributed by atoms with Crippen molar-refractivity contribution in [2.75, 3.05) is 0 Å². The first kappa shape index (κ1) is 12.8. The van der Waals surface area contributed by atoms with Crippen molar-refractivity contribution in [2.24, 2.45) is 5.41 Å². The van der Waals surface area contributed by atoms with Crippen LogP contribution in [0.2, 0.25) is 0 Å². The van der Waals surface area contributed by atoms with E-state index in [0.717, 1.165) is 0 Å². The van der Waals surface area contributed by atoms with Gasteiger partial charge in [0.2, 0.25) is 5.78 Å². The second-order valence-corrected chi connectivity index (χ2v) is 2.88. The van der Waals surface area contributed by atoms with Crippen LogP contribution in [0.3, 0.4) is 0 Å². The van der Waals surface area contributed by atoms with E-state index in [4.69, 9.17) is 5.11 Å². The third-order valence-electron chi connectivity index (χ3n) is 0.875. The monoisotopic (exact) mass is 153 g/mol. The average molecular weight is 153 g/mol. The van der Waals surface area contributed by atoms with Crippen LogP contribution in [0.15, 0.2) is 0 Å². The molecule has 0 atom stereocenters. The van der Waals surface area contributed by atoms with E-state index in [1.165, 1.54) is 0 Å². The Hall–Kier alpha value is 0.140. The molecule has 1 radical (unpaired) electrons. The van der Waals surface area contributed by atoms with Crippen LogP contribution in [0.5, 0.6) is 0 Å². The predicted molar refractivity (Wildman–Crippen MR) is 37.9 cm³/mol. The van der Waals surface area contributed by atoms with Gasteiger partial charge in [-0.25, -0.2) is 4.79 Å². The molecule has 0 saturated carbocycles. The maximum absolute atomic E-state index is 10.6. The topological polar surface area (TPSA) is 54.4 Å². The summed E-state index contributed by atoms with van der Waals surface area (Å²) < 4.78 is 0.